The van der Waals surface area contributed by atoms with Crippen molar-refractivity contribution in [3.05, 3.63) is 41.6 Å². The van der Waals surface area contributed by atoms with Gasteiger partial charge >= 0.3 is 0 Å². The third-order valence-corrected chi connectivity index (χ3v) is 8.02. The number of H-pyrrole nitrogens is 1. The summed E-state index contributed by atoms with van der Waals surface area (Å²) in [6.45, 7) is 7.12. The van der Waals surface area contributed by atoms with Crippen molar-refractivity contribution in [2.75, 3.05) is 12.3 Å². The van der Waals surface area contributed by atoms with Crippen molar-refractivity contribution in [1.29, 1.82) is 0 Å². The number of aromatic amines is 1. The van der Waals surface area contributed by atoms with Gasteiger partial charge in [-0.25, -0.2) is 19.9 Å². The summed E-state index contributed by atoms with van der Waals surface area (Å²) in [6.07, 6.45) is 3.67. The standard InChI is InChI=1S/C28H40N8O3/c1-28(2,3)16-5-6-18-19(10-16)36-23(35-18)7-4-15-8-17(9-15)31-12-22-26(38)25(37)21(39-22)11-20-24(32-13-29)27(30)34-14-33-20/h5-6,10,13-15,17,21-22,25-26,31,37-38H,4,7-9,11-12H2,1-3H3,(H2,29,32)(H,35,36)(H2,30,33,34)/t15?,17?,21-,22+,25-,26+/m0/s1. The van der Waals surface area contributed by atoms with Crippen LogP contribution in [-0.2, 0) is 23.0 Å². The molecule has 3 heterocycles. The lowest BCUT2D eigenvalue weighted by atomic mass is 9.77. The van der Waals surface area contributed by atoms with Crippen molar-refractivity contribution in [2.45, 2.75) is 88.7 Å². The molecule has 1 aliphatic heterocycles. The second-order valence-electron chi connectivity index (χ2n) is 11.9. The Labute approximate surface area is 228 Å². The summed E-state index contributed by atoms with van der Waals surface area (Å²) in [5.41, 5.74) is 15.7. The first kappa shape index (κ1) is 27.4. The van der Waals surface area contributed by atoms with E-state index < -0.39 is 24.4 Å². The van der Waals surface area contributed by atoms with Crippen LogP contribution in [0.3, 0.4) is 0 Å². The molecule has 210 valence electrons. The van der Waals surface area contributed by atoms with Gasteiger partial charge in [0.2, 0.25) is 0 Å². The average Bonchev–Trinajstić information content (AvgIpc) is 3.39. The maximum absolute atomic E-state index is 10.6. The molecule has 0 amide bonds. The van der Waals surface area contributed by atoms with Crippen molar-refractivity contribution in [1.82, 2.24) is 25.3 Å². The molecule has 5 rings (SSSR count). The maximum atomic E-state index is 10.6. The van der Waals surface area contributed by atoms with Crippen LogP contribution in [0.15, 0.2) is 29.5 Å². The van der Waals surface area contributed by atoms with E-state index in [9.17, 15) is 10.2 Å². The topological polar surface area (TPSA) is 181 Å². The summed E-state index contributed by atoms with van der Waals surface area (Å²) < 4.78 is 6.01. The molecule has 11 heteroatoms. The number of fused-ring (bicyclic) bond motifs is 1. The van der Waals surface area contributed by atoms with E-state index in [1.165, 1.54) is 11.9 Å². The van der Waals surface area contributed by atoms with Gasteiger partial charge in [0.1, 0.15) is 30.0 Å². The number of aliphatic hydroxyl groups excluding tert-OH is 2. The lowest BCUT2D eigenvalue weighted by Crippen LogP contribution is -2.46. The number of aliphatic hydroxyl groups is 2. The minimum Gasteiger partial charge on any atom is -0.390 e. The normalized spacial score (nSPS) is 27.4. The molecule has 2 aliphatic rings. The minimum atomic E-state index is -1.04. The molecule has 39 heavy (non-hydrogen) atoms. The van der Waals surface area contributed by atoms with Gasteiger partial charge in [-0.2, -0.15) is 0 Å². The largest absolute Gasteiger partial charge is 0.390 e. The number of imidazole rings is 1. The summed E-state index contributed by atoms with van der Waals surface area (Å²) in [4.78, 5) is 20.5. The number of ether oxygens (including phenoxy) is 1. The van der Waals surface area contributed by atoms with E-state index >= 15 is 0 Å². The van der Waals surface area contributed by atoms with E-state index in [1.54, 1.807) is 0 Å². The van der Waals surface area contributed by atoms with Gasteiger partial charge < -0.3 is 36.7 Å². The van der Waals surface area contributed by atoms with Gasteiger partial charge in [-0.1, -0.05) is 26.8 Å². The van der Waals surface area contributed by atoms with E-state index in [4.69, 9.17) is 21.2 Å². The second-order valence-corrected chi connectivity index (χ2v) is 11.9. The Bertz CT molecular complexity index is 1310. The summed E-state index contributed by atoms with van der Waals surface area (Å²) in [5.74, 6) is 1.88. The molecule has 1 saturated heterocycles. The Morgan fingerprint density at radius 2 is 1.95 bits per heavy atom. The number of nitrogens with zero attached hydrogens (tertiary/aromatic N) is 4. The minimum absolute atomic E-state index is 0.112. The summed E-state index contributed by atoms with van der Waals surface area (Å²) >= 11 is 0. The predicted octanol–water partition coefficient (Wildman–Crippen LogP) is 1.88. The zero-order valence-corrected chi connectivity index (χ0v) is 22.8. The number of hydrogen-bond acceptors (Lipinski definition) is 9. The highest BCUT2D eigenvalue weighted by Gasteiger charge is 2.43. The number of benzene rings is 1. The van der Waals surface area contributed by atoms with Crippen molar-refractivity contribution in [3.8, 4) is 0 Å². The molecule has 0 radical (unpaired) electrons. The summed E-state index contributed by atoms with van der Waals surface area (Å²) in [7, 11) is 0. The van der Waals surface area contributed by atoms with Gasteiger partial charge in [0.25, 0.3) is 0 Å². The highest BCUT2D eigenvalue weighted by Crippen LogP contribution is 2.33. The number of aromatic nitrogens is 4. The van der Waals surface area contributed by atoms with Crippen LogP contribution in [0.4, 0.5) is 11.5 Å². The average molecular weight is 537 g/mol. The van der Waals surface area contributed by atoms with Crippen molar-refractivity contribution in [2.24, 2.45) is 16.6 Å². The van der Waals surface area contributed by atoms with E-state index in [-0.39, 0.29) is 17.7 Å². The Morgan fingerprint density at radius 1 is 1.18 bits per heavy atom. The van der Waals surface area contributed by atoms with Gasteiger partial charge in [-0.3, -0.25) is 0 Å². The van der Waals surface area contributed by atoms with E-state index in [1.807, 2.05) is 0 Å². The van der Waals surface area contributed by atoms with Crippen LogP contribution in [0, 0.1) is 5.92 Å². The molecule has 4 atom stereocenters. The molecule has 1 aromatic carbocycles. The Balaban J connectivity index is 1.07. The number of aryl methyl sites for hydroxylation is 1. The maximum Gasteiger partial charge on any atom is 0.153 e. The molecule has 0 unspecified atom stereocenters. The van der Waals surface area contributed by atoms with E-state index in [0.717, 1.165) is 48.9 Å². The first-order valence-corrected chi connectivity index (χ1v) is 13.7. The molecule has 2 aromatic heterocycles. The van der Waals surface area contributed by atoms with Crippen LogP contribution < -0.4 is 16.8 Å². The quantitative estimate of drug-likeness (QED) is 0.176. The third-order valence-electron chi connectivity index (χ3n) is 8.02. The summed E-state index contributed by atoms with van der Waals surface area (Å²) in [5, 5.41) is 24.7. The van der Waals surface area contributed by atoms with E-state index in [2.05, 4.69) is 64.2 Å². The fourth-order valence-corrected chi connectivity index (χ4v) is 5.56. The highest BCUT2D eigenvalue weighted by molar-refractivity contribution is 5.76. The first-order valence-electron chi connectivity index (χ1n) is 13.7. The predicted molar refractivity (Wildman–Crippen MR) is 151 cm³/mol. The van der Waals surface area contributed by atoms with Crippen LogP contribution >= 0.6 is 0 Å². The highest BCUT2D eigenvalue weighted by atomic mass is 16.5. The molecule has 2 fully saturated rings. The van der Waals surface area contributed by atoms with Crippen molar-refractivity contribution in [3.63, 3.8) is 0 Å². The zero-order chi connectivity index (χ0) is 27.7. The smallest absolute Gasteiger partial charge is 0.153 e. The van der Waals surface area contributed by atoms with Crippen LogP contribution in [0.1, 0.15) is 57.1 Å². The number of aliphatic imine (C=N–C) groups is 1. The zero-order valence-electron chi connectivity index (χ0n) is 22.8. The van der Waals surface area contributed by atoms with Gasteiger partial charge in [0.15, 0.2) is 5.82 Å². The van der Waals surface area contributed by atoms with E-state index in [0.29, 0.717) is 29.9 Å². The molecule has 0 bridgehead atoms. The number of rotatable bonds is 9. The van der Waals surface area contributed by atoms with Gasteiger partial charge in [-0.15, -0.1) is 0 Å². The van der Waals surface area contributed by atoms with Gasteiger partial charge in [0, 0.05) is 25.4 Å². The SMILES string of the molecule is CC(C)(C)c1ccc2nc(CCC3CC(NC[C@H]4O[C@@H](Cc5ncnc(N)c5N=CN)[C@H](O)[C@@H]4O)C3)[nH]c2c1. The lowest BCUT2D eigenvalue weighted by Gasteiger charge is -2.36. The molecular formula is C28H40N8O3. The number of nitrogen functional groups attached to an aromatic ring is 1. The second kappa shape index (κ2) is 11.2. The van der Waals surface area contributed by atoms with Crippen LogP contribution in [0.5, 0.6) is 0 Å². The summed E-state index contributed by atoms with van der Waals surface area (Å²) in [6, 6.07) is 6.86. The van der Waals surface area contributed by atoms with Crippen LogP contribution in [0.2, 0.25) is 0 Å². The first-order chi connectivity index (χ1) is 18.6. The molecule has 8 N–H and O–H groups in total. The molecule has 1 saturated carbocycles. The molecule has 3 aromatic rings. The number of hydrogen-bond donors (Lipinski definition) is 6. The number of anilines is 1. The fraction of sp³-hybridized carbons (Fsp3) is 0.571. The van der Waals surface area contributed by atoms with Gasteiger partial charge in [-0.05, 0) is 48.3 Å². The number of nitrogens with two attached hydrogens (primary N) is 2. The van der Waals surface area contributed by atoms with Gasteiger partial charge in [0.05, 0.1) is 35.3 Å². The van der Waals surface area contributed by atoms with Crippen molar-refractivity contribution < 1.29 is 14.9 Å². The molecule has 11 nitrogen and oxygen atoms in total. The lowest BCUT2D eigenvalue weighted by molar-refractivity contribution is 0.00510. The number of nitrogens with one attached hydrogen (secondary N) is 2. The molecule has 1 aliphatic carbocycles. The van der Waals surface area contributed by atoms with Crippen molar-refractivity contribution >= 4 is 28.9 Å². The third kappa shape index (κ3) is 6.06. The Kier molecular flexibility index (Phi) is 7.86. The Hall–Kier alpha value is -3.12. The monoisotopic (exact) mass is 536 g/mol. The molecule has 0 spiro atoms. The molecular weight excluding hydrogens is 496 g/mol. The Morgan fingerprint density at radius 3 is 2.69 bits per heavy atom. The van der Waals surface area contributed by atoms with Crippen LogP contribution in [0.25, 0.3) is 11.0 Å². The fourth-order valence-electron chi connectivity index (χ4n) is 5.56. The van der Waals surface area contributed by atoms with Crippen LogP contribution in [-0.4, -0.2) is 73.5 Å².